The third kappa shape index (κ3) is 2.70. The molecule has 3 N–H and O–H groups in total. The number of hydrogen-bond acceptors (Lipinski definition) is 3. The van der Waals surface area contributed by atoms with Gasteiger partial charge in [0.25, 0.3) is 0 Å². The van der Waals surface area contributed by atoms with Crippen molar-refractivity contribution in [1.29, 1.82) is 0 Å². The molecule has 0 aliphatic heterocycles. The van der Waals surface area contributed by atoms with Crippen LogP contribution in [0.15, 0.2) is 12.1 Å². The van der Waals surface area contributed by atoms with E-state index in [4.69, 9.17) is 10.5 Å². The van der Waals surface area contributed by atoms with Gasteiger partial charge in [-0.3, -0.25) is 0 Å². The van der Waals surface area contributed by atoms with Gasteiger partial charge in [0.1, 0.15) is 0 Å². The van der Waals surface area contributed by atoms with Crippen LogP contribution in [-0.2, 0) is 0 Å². The van der Waals surface area contributed by atoms with Crippen molar-refractivity contribution in [3.05, 3.63) is 17.7 Å². The highest BCUT2D eigenvalue weighted by atomic mass is 35.5. The molecule has 0 bridgehead atoms. The van der Waals surface area contributed by atoms with Crippen LogP contribution in [-0.4, -0.2) is 11.7 Å². The van der Waals surface area contributed by atoms with Crippen molar-refractivity contribution in [1.82, 2.24) is 0 Å². The van der Waals surface area contributed by atoms with Crippen molar-refractivity contribution >= 4 is 18.1 Å². The van der Waals surface area contributed by atoms with Gasteiger partial charge in [0.2, 0.25) is 0 Å². The number of aryl methyl sites for hydroxylation is 1. The number of aromatic hydroxyl groups is 1. The molecule has 0 amide bonds. The summed E-state index contributed by atoms with van der Waals surface area (Å²) >= 11 is 0. The zero-order chi connectivity index (χ0) is 9.14. The molecule has 0 unspecified atom stereocenters. The second-order valence-electron chi connectivity index (χ2n) is 2.62. The number of hydrogen-bond donors (Lipinski definition) is 2. The maximum Gasteiger partial charge on any atom is 0.163 e. The van der Waals surface area contributed by atoms with Gasteiger partial charge in [0, 0.05) is 11.8 Å². The molecule has 0 spiro atoms. The predicted octanol–water partition coefficient (Wildman–Crippen LogP) is 2.10. The monoisotopic (exact) mass is 203 g/mol. The molecule has 0 aliphatic carbocycles. The quantitative estimate of drug-likeness (QED) is 0.572. The Morgan fingerprint density at radius 1 is 1.46 bits per heavy atom. The van der Waals surface area contributed by atoms with Crippen molar-refractivity contribution in [2.75, 3.05) is 12.3 Å². The Hall–Kier alpha value is -1.09. The molecule has 3 nitrogen and oxygen atoms in total. The Balaban J connectivity index is 0.00000144. The minimum atomic E-state index is 0. The van der Waals surface area contributed by atoms with E-state index in [9.17, 15) is 5.11 Å². The fourth-order valence-electron chi connectivity index (χ4n) is 1.04. The van der Waals surface area contributed by atoms with Crippen LogP contribution in [0.3, 0.4) is 0 Å². The number of phenolic OH excluding ortho intramolecular Hbond substituents is 1. The molecule has 1 aromatic rings. The van der Waals surface area contributed by atoms with Crippen LogP contribution >= 0.6 is 12.4 Å². The van der Waals surface area contributed by atoms with Crippen molar-refractivity contribution in [3.8, 4) is 11.5 Å². The Bertz CT molecular complexity index is 289. The van der Waals surface area contributed by atoms with Gasteiger partial charge in [-0.25, -0.2) is 0 Å². The molecule has 0 atom stereocenters. The van der Waals surface area contributed by atoms with Crippen LogP contribution in [0.1, 0.15) is 12.5 Å². The molecular formula is C9H14ClNO2. The molecule has 4 heteroatoms. The maximum absolute atomic E-state index is 9.47. The molecule has 0 radical (unpaired) electrons. The summed E-state index contributed by atoms with van der Waals surface area (Å²) in [7, 11) is 0. The first-order chi connectivity index (χ1) is 5.65. The second kappa shape index (κ2) is 4.82. The molecule has 0 aliphatic rings. The van der Waals surface area contributed by atoms with Gasteiger partial charge >= 0.3 is 0 Å². The maximum atomic E-state index is 9.47. The van der Waals surface area contributed by atoms with Gasteiger partial charge in [-0.05, 0) is 25.5 Å². The van der Waals surface area contributed by atoms with Crippen molar-refractivity contribution in [2.24, 2.45) is 0 Å². The van der Waals surface area contributed by atoms with E-state index < -0.39 is 0 Å². The normalized spacial score (nSPS) is 9.08. The number of anilines is 1. The number of rotatable bonds is 2. The fourth-order valence-corrected chi connectivity index (χ4v) is 1.04. The van der Waals surface area contributed by atoms with Crippen LogP contribution < -0.4 is 10.5 Å². The molecule has 0 aromatic heterocycles. The van der Waals surface area contributed by atoms with Gasteiger partial charge in [-0.2, -0.15) is 0 Å². The minimum absolute atomic E-state index is 0. The number of ether oxygens (including phenoxy) is 1. The fraction of sp³-hybridized carbons (Fsp3) is 0.333. The lowest BCUT2D eigenvalue weighted by atomic mass is 10.2. The lowest BCUT2D eigenvalue weighted by Gasteiger charge is -2.08. The van der Waals surface area contributed by atoms with E-state index in [2.05, 4.69) is 0 Å². The highest BCUT2D eigenvalue weighted by Gasteiger charge is 2.05. The smallest absolute Gasteiger partial charge is 0.163 e. The molecule has 1 aromatic carbocycles. The standard InChI is InChI=1S/C9H13NO2.ClH/c1-3-12-8-5-7(10)4-6(2)9(8)11;/h4-5,11H,3,10H2,1-2H3;1H. The first kappa shape index (κ1) is 11.9. The zero-order valence-corrected chi connectivity index (χ0v) is 8.52. The summed E-state index contributed by atoms with van der Waals surface area (Å²) in [5, 5.41) is 9.47. The molecule has 0 saturated heterocycles. The van der Waals surface area contributed by atoms with Gasteiger partial charge < -0.3 is 15.6 Å². The summed E-state index contributed by atoms with van der Waals surface area (Å²) < 4.78 is 5.17. The van der Waals surface area contributed by atoms with E-state index in [1.165, 1.54) is 0 Å². The average molecular weight is 204 g/mol. The number of nitrogen functional groups attached to an aromatic ring is 1. The lowest BCUT2D eigenvalue weighted by molar-refractivity contribution is 0.317. The first-order valence-electron chi connectivity index (χ1n) is 3.87. The second-order valence-corrected chi connectivity index (χ2v) is 2.62. The lowest BCUT2D eigenvalue weighted by Crippen LogP contribution is -1.95. The number of benzene rings is 1. The Morgan fingerprint density at radius 3 is 2.62 bits per heavy atom. The summed E-state index contributed by atoms with van der Waals surface area (Å²) in [5.41, 5.74) is 6.91. The molecular weight excluding hydrogens is 190 g/mol. The third-order valence-corrected chi connectivity index (χ3v) is 1.59. The average Bonchev–Trinajstić information content (AvgIpc) is 2.00. The van der Waals surface area contributed by atoms with Crippen molar-refractivity contribution in [2.45, 2.75) is 13.8 Å². The molecule has 0 saturated carbocycles. The van der Waals surface area contributed by atoms with E-state index in [1.807, 2.05) is 6.92 Å². The summed E-state index contributed by atoms with van der Waals surface area (Å²) in [4.78, 5) is 0. The summed E-state index contributed by atoms with van der Waals surface area (Å²) in [5.74, 6) is 0.626. The first-order valence-corrected chi connectivity index (χ1v) is 3.87. The SMILES string of the molecule is CCOc1cc(N)cc(C)c1O.Cl. The molecule has 1 rings (SSSR count). The minimum Gasteiger partial charge on any atom is -0.504 e. The number of nitrogens with two attached hydrogens (primary N) is 1. The highest BCUT2D eigenvalue weighted by Crippen LogP contribution is 2.31. The molecule has 0 fully saturated rings. The number of halogens is 1. The largest absolute Gasteiger partial charge is 0.504 e. The van der Waals surface area contributed by atoms with Crippen LogP contribution in [0.4, 0.5) is 5.69 Å². The topological polar surface area (TPSA) is 55.5 Å². The molecule has 74 valence electrons. The van der Waals surface area contributed by atoms with E-state index in [1.54, 1.807) is 19.1 Å². The molecule has 13 heavy (non-hydrogen) atoms. The third-order valence-electron chi connectivity index (χ3n) is 1.59. The van der Waals surface area contributed by atoms with Gasteiger partial charge in [-0.15, -0.1) is 12.4 Å². The summed E-state index contributed by atoms with van der Waals surface area (Å²) in [6.07, 6.45) is 0. The van der Waals surface area contributed by atoms with E-state index >= 15 is 0 Å². The molecule has 0 heterocycles. The van der Waals surface area contributed by atoms with Crippen LogP contribution in [0, 0.1) is 6.92 Å². The highest BCUT2D eigenvalue weighted by molar-refractivity contribution is 5.85. The summed E-state index contributed by atoms with van der Waals surface area (Å²) in [6, 6.07) is 3.32. The Morgan fingerprint density at radius 2 is 2.08 bits per heavy atom. The van der Waals surface area contributed by atoms with Crippen molar-refractivity contribution < 1.29 is 9.84 Å². The Kier molecular flexibility index (Phi) is 4.42. The van der Waals surface area contributed by atoms with E-state index in [0.717, 1.165) is 5.56 Å². The Labute approximate surface area is 83.9 Å². The van der Waals surface area contributed by atoms with E-state index in [0.29, 0.717) is 18.0 Å². The van der Waals surface area contributed by atoms with Crippen LogP contribution in [0.2, 0.25) is 0 Å². The van der Waals surface area contributed by atoms with Crippen LogP contribution in [0.25, 0.3) is 0 Å². The zero-order valence-electron chi connectivity index (χ0n) is 7.70. The number of phenols is 1. The van der Waals surface area contributed by atoms with E-state index in [-0.39, 0.29) is 18.2 Å². The van der Waals surface area contributed by atoms with Crippen LogP contribution in [0.5, 0.6) is 11.5 Å². The van der Waals surface area contributed by atoms with Gasteiger partial charge in [0.05, 0.1) is 6.61 Å². The predicted molar refractivity (Wildman–Crippen MR) is 55.7 cm³/mol. The van der Waals surface area contributed by atoms with Gasteiger partial charge in [-0.1, -0.05) is 0 Å². The summed E-state index contributed by atoms with van der Waals surface area (Å²) in [6.45, 7) is 4.17. The van der Waals surface area contributed by atoms with Crippen molar-refractivity contribution in [3.63, 3.8) is 0 Å². The van der Waals surface area contributed by atoms with Gasteiger partial charge in [0.15, 0.2) is 11.5 Å².